The molecule has 3 rings (SSSR count). The molecule has 0 aliphatic heterocycles. The highest BCUT2D eigenvalue weighted by Gasteiger charge is 2.48. The second-order valence-corrected chi connectivity index (χ2v) is 5.59. The lowest BCUT2D eigenvalue weighted by Gasteiger charge is -2.05. The number of carboxylic acids is 1. The maximum Gasteiger partial charge on any atom is 0.307 e. The third-order valence-corrected chi connectivity index (χ3v) is 4.10. The van der Waals surface area contributed by atoms with Crippen molar-refractivity contribution in [3.05, 3.63) is 35.8 Å². The molecule has 1 saturated carbocycles. The molecule has 102 valence electrons. The smallest absolute Gasteiger partial charge is 0.307 e. The summed E-state index contributed by atoms with van der Waals surface area (Å²) < 4.78 is 0. The van der Waals surface area contributed by atoms with Gasteiger partial charge in [0.05, 0.1) is 11.8 Å². The van der Waals surface area contributed by atoms with Crippen LogP contribution in [0.4, 0.5) is 5.69 Å². The van der Waals surface area contributed by atoms with Crippen LogP contribution in [0.1, 0.15) is 6.42 Å². The highest BCUT2D eigenvalue weighted by molar-refractivity contribution is 7.13. The molecule has 0 radical (unpaired) electrons. The van der Waals surface area contributed by atoms with E-state index in [0.29, 0.717) is 12.1 Å². The van der Waals surface area contributed by atoms with E-state index < -0.39 is 17.8 Å². The predicted octanol–water partition coefficient (Wildman–Crippen LogP) is 2.47. The molecular formula is C14H12N2O3S. The summed E-state index contributed by atoms with van der Waals surface area (Å²) in [5, 5.41) is 14.4. The van der Waals surface area contributed by atoms with Crippen LogP contribution in [0.25, 0.3) is 10.6 Å². The van der Waals surface area contributed by atoms with Crippen molar-refractivity contribution in [1.82, 2.24) is 4.98 Å². The number of amides is 1. The standard InChI is InChI=1S/C14H12N2O3S/c17-12(10-7-11(10)14(18)19)16-9-3-1-8(2-4-9)13-15-5-6-20-13/h1-6,10-11H,7H2,(H,16,17)(H,18,19). The Morgan fingerprint density at radius 1 is 1.25 bits per heavy atom. The summed E-state index contributed by atoms with van der Waals surface area (Å²) in [5.41, 5.74) is 1.67. The number of benzene rings is 1. The summed E-state index contributed by atoms with van der Waals surface area (Å²) in [5.74, 6) is -2.04. The number of nitrogens with one attached hydrogen (secondary N) is 1. The Kier molecular flexibility index (Phi) is 3.23. The van der Waals surface area contributed by atoms with Gasteiger partial charge in [-0.05, 0) is 30.7 Å². The van der Waals surface area contributed by atoms with Crippen LogP contribution in [0.5, 0.6) is 0 Å². The van der Waals surface area contributed by atoms with Crippen molar-refractivity contribution in [2.24, 2.45) is 11.8 Å². The molecule has 0 spiro atoms. The number of aromatic nitrogens is 1. The minimum atomic E-state index is -0.899. The van der Waals surface area contributed by atoms with Crippen molar-refractivity contribution in [3.8, 4) is 10.6 Å². The van der Waals surface area contributed by atoms with Crippen molar-refractivity contribution >= 4 is 28.9 Å². The van der Waals surface area contributed by atoms with Crippen molar-refractivity contribution in [2.75, 3.05) is 5.32 Å². The molecular weight excluding hydrogens is 276 g/mol. The average Bonchev–Trinajstić information content (AvgIpc) is 3.07. The summed E-state index contributed by atoms with van der Waals surface area (Å²) in [7, 11) is 0. The monoisotopic (exact) mass is 288 g/mol. The quantitative estimate of drug-likeness (QED) is 0.905. The number of carboxylic acid groups (broad SMARTS) is 1. The molecule has 5 nitrogen and oxygen atoms in total. The van der Waals surface area contributed by atoms with Crippen LogP contribution >= 0.6 is 11.3 Å². The lowest BCUT2D eigenvalue weighted by atomic mass is 10.2. The van der Waals surface area contributed by atoms with Gasteiger partial charge < -0.3 is 10.4 Å². The molecule has 20 heavy (non-hydrogen) atoms. The van der Waals surface area contributed by atoms with E-state index in [-0.39, 0.29) is 5.91 Å². The van der Waals surface area contributed by atoms with Crippen molar-refractivity contribution in [2.45, 2.75) is 6.42 Å². The second kappa shape index (κ2) is 5.05. The molecule has 1 aliphatic rings. The van der Waals surface area contributed by atoms with Gasteiger partial charge in [0, 0.05) is 22.8 Å². The Morgan fingerprint density at radius 2 is 2.00 bits per heavy atom. The molecule has 1 aromatic carbocycles. The number of anilines is 1. The molecule has 1 aromatic heterocycles. The fourth-order valence-electron chi connectivity index (χ4n) is 2.05. The Bertz CT molecular complexity index is 637. The van der Waals surface area contributed by atoms with Gasteiger partial charge in [0.25, 0.3) is 0 Å². The summed E-state index contributed by atoms with van der Waals surface area (Å²) >= 11 is 1.55. The van der Waals surface area contributed by atoms with Crippen molar-refractivity contribution < 1.29 is 14.7 Å². The van der Waals surface area contributed by atoms with Crippen LogP contribution in [0.2, 0.25) is 0 Å². The van der Waals surface area contributed by atoms with E-state index in [4.69, 9.17) is 5.11 Å². The number of hydrogen-bond acceptors (Lipinski definition) is 4. The van der Waals surface area contributed by atoms with Crippen LogP contribution in [0.15, 0.2) is 35.8 Å². The first-order valence-corrected chi connectivity index (χ1v) is 7.07. The van der Waals surface area contributed by atoms with E-state index in [1.807, 2.05) is 17.5 Å². The highest BCUT2D eigenvalue weighted by atomic mass is 32.1. The minimum absolute atomic E-state index is 0.223. The number of carbonyl (C=O) groups is 2. The maximum atomic E-state index is 11.8. The van der Waals surface area contributed by atoms with E-state index in [0.717, 1.165) is 10.6 Å². The third kappa shape index (κ3) is 2.55. The Balaban J connectivity index is 1.64. The lowest BCUT2D eigenvalue weighted by molar-refractivity contribution is -0.139. The van der Waals surface area contributed by atoms with Crippen LogP contribution in [0.3, 0.4) is 0 Å². The molecule has 1 amide bonds. The summed E-state index contributed by atoms with van der Waals surface area (Å²) in [6.45, 7) is 0. The summed E-state index contributed by atoms with van der Waals surface area (Å²) in [6.07, 6.45) is 2.17. The number of aliphatic carboxylic acids is 1. The molecule has 0 bridgehead atoms. The fraction of sp³-hybridized carbons (Fsp3) is 0.214. The molecule has 6 heteroatoms. The van der Waals surface area contributed by atoms with Crippen molar-refractivity contribution in [3.63, 3.8) is 0 Å². The molecule has 2 N–H and O–H groups in total. The summed E-state index contributed by atoms with van der Waals surface area (Å²) in [4.78, 5) is 26.7. The second-order valence-electron chi connectivity index (χ2n) is 4.69. The summed E-state index contributed by atoms with van der Waals surface area (Å²) in [6, 6.07) is 7.37. The fourth-order valence-corrected chi connectivity index (χ4v) is 2.70. The number of nitrogens with zero attached hydrogens (tertiary/aromatic N) is 1. The van der Waals surface area contributed by atoms with Gasteiger partial charge >= 0.3 is 5.97 Å². The van der Waals surface area contributed by atoms with Gasteiger partial charge in [-0.25, -0.2) is 4.98 Å². The molecule has 0 saturated heterocycles. The first kappa shape index (κ1) is 12.8. The van der Waals surface area contributed by atoms with E-state index >= 15 is 0 Å². The van der Waals surface area contributed by atoms with Crippen LogP contribution in [-0.4, -0.2) is 22.0 Å². The Morgan fingerprint density at radius 3 is 2.55 bits per heavy atom. The zero-order chi connectivity index (χ0) is 14.1. The highest BCUT2D eigenvalue weighted by Crippen LogP contribution is 2.39. The van der Waals surface area contributed by atoms with Crippen molar-refractivity contribution in [1.29, 1.82) is 0 Å². The first-order chi connectivity index (χ1) is 9.65. The third-order valence-electron chi connectivity index (χ3n) is 3.28. The number of hydrogen-bond donors (Lipinski definition) is 2. The van der Waals surface area contributed by atoms with Gasteiger partial charge in [-0.3, -0.25) is 9.59 Å². The largest absolute Gasteiger partial charge is 0.481 e. The Labute approximate surface area is 119 Å². The van der Waals surface area contributed by atoms with Gasteiger partial charge in [-0.1, -0.05) is 0 Å². The minimum Gasteiger partial charge on any atom is -0.481 e. The van der Waals surface area contributed by atoms with E-state index in [1.54, 1.807) is 29.7 Å². The van der Waals surface area contributed by atoms with E-state index in [1.165, 1.54) is 0 Å². The maximum absolute atomic E-state index is 11.8. The van der Waals surface area contributed by atoms with Gasteiger partial charge in [-0.15, -0.1) is 11.3 Å². The first-order valence-electron chi connectivity index (χ1n) is 6.19. The van der Waals surface area contributed by atoms with Gasteiger partial charge in [0.1, 0.15) is 5.01 Å². The van der Waals surface area contributed by atoms with Crippen LogP contribution in [0, 0.1) is 11.8 Å². The molecule has 2 aromatic rings. The van der Waals surface area contributed by atoms with E-state index in [9.17, 15) is 9.59 Å². The molecule has 1 fully saturated rings. The predicted molar refractivity (Wildman–Crippen MR) is 75.4 cm³/mol. The molecule has 1 aliphatic carbocycles. The number of thiazole rings is 1. The van der Waals surface area contributed by atoms with Gasteiger partial charge in [0.2, 0.25) is 5.91 Å². The molecule has 2 unspecified atom stereocenters. The molecule has 2 atom stereocenters. The Hall–Kier alpha value is -2.21. The van der Waals surface area contributed by atoms with Gasteiger partial charge in [-0.2, -0.15) is 0 Å². The number of carbonyl (C=O) groups excluding carboxylic acids is 1. The van der Waals surface area contributed by atoms with E-state index in [2.05, 4.69) is 10.3 Å². The normalized spacial score (nSPS) is 20.4. The van der Waals surface area contributed by atoms with Gasteiger partial charge in [0.15, 0.2) is 0 Å². The lowest BCUT2D eigenvalue weighted by Crippen LogP contribution is -2.16. The molecule has 1 heterocycles. The SMILES string of the molecule is O=C(O)C1CC1C(=O)Nc1ccc(-c2nccs2)cc1. The van der Waals surface area contributed by atoms with Crippen LogP contribution < -0.4 is 5.32 Å². The zero-order valence-electron chi connectivity index (χ0n) is 10.4. The topological polar surface area (TPSA) is 79.3 Å². The number of rotatable bonds is 4. The average molecular weight is 288 g/mol. The van der Waals surface area contributed by atoms with Crippen LogP contribution in [-0.2, 0) is 9.59 Å². The zero-order valence-corrected chi connectivity index (χ0v) is 11.3.